The minimum atomic E-state index is -0.279. The van der Waals surface area contributed by atoms with Crippen molar-refractivity contribution in [2.75, 3.05) is 37.3 Å². The largest absolute Gasteiger partial charge is 0.354 e. The van der Waals surface area contributed by atoms with Gasteiger partial charge in [0.25, 0.3) is 0 Å². The zero-order chi connectivity index (χ0) is 19.2. The maximum absolute atomic E-state index is 12.1. The predicted molar refractivity (Wildman–Crippen MR) is 107 cm³/mol. The molecular formula is C19H25N7O. The number of rotatable bonds is 6. The van der Waals surface area contributed by atoms with Crippen LogP contribution in [0.2, 0.25) is 0 Å². The third kappa shape index (κ3) is 5.24. The maximum Gasteiger partial charge on any atom is 0.320 e. The molecule has 8 heteroatoms. The lowest BCUT2D eigenvalue weighted by atomic mass is 10.1. The van der Waals surface area contributed by atoms with E-state index in [1.54, 1.807) is 18.5 Å². The van der Waals surface area contributed by atoms with Crippen LogP contribution >= 0.6 is 0 Å². The zero-order valence-electron chi connectivity index (χ0n) is 15.6. The molecule has 1 aliphatic rings. The second-order valence-corrected chi connectivity index (χ2v) is 6.86. The Balaban J connectivity index is 1.59. The van der Waals surface area contributed by atoms with Gasteiger partial charge in [-0.25, -0.2) is 9.78 Å². The SMILES string of the molecule is Cc1cc(Nc2cnc(NC(=O)NCC3CCN(C)C3)cc2C=N)ccn1. The summed E-state index contributed by atoms with van der Waals surface area (Å²) < 4.78 is 0. The highest BCUT2D eigenvalue weighted by Gasteiger charge is 2.19. The van der Waals surface area contributed by atoms with E-state index in [9.17, 15) is 4.79 Å². The van der Waals surface area contributed by atoms with Gasteiger partial charge < -0.3 is 20.9 Å². The van der Waals surface area contributed by atoms with Gasteiger partial charge >= 0.3 is 6.03 Å². The summed E-state index contributed by atoms with van der Waals surface area (Å²) in [5, 5.41) is 16.5. The first kappa shape index (κ1) is 18.8. The fourth-order valence-electron chi connectivity index (χ4n) is 3.13. The van der Waals surface area contributed by atoms with E-state index >= 15 is 0 Å². The number of urea groups is 1. The first-order valence-corrected chi connectivity index (χ1v) is 8.97. The highest BCUT2D eigenvalue weighted by atomic mass is 16.2. The molecule has 0 saturated carbocycles. The van der Waals surface area contributed by atoms with Crippen molar-refractivity contribution in [1.29, 1.82) is 5.41 Å². The van der Waals surface area contributed by atoms with E-state index in [1.807, 2.05) is 19.1 Å². The van der Waals surface area contributed by atoms with Crippen LogP contribution in [0, 0.1) is 18.3 Å². The Morgan fingerprint density at radius 3 is 2.96 bits per heavy atom. The van der Waals surface area contributed by atoms with Gasteiger partial charge in [-0.05, 0) is 51.1 Å². The third-order valence-electron chi connectivity index (χ3n) is 4.55. The van der Waals surface area contributed by atoms with Crippen molar-refractivity contribution >= 4 is 29.4 Å². The molecule has 1 saturated heterocycles. The van der Waals surface area contributed by atoms with Crippen molar-refractivity contribution in [1.82, 2.24) is 20.2 Å². The van der Waals surface area contributed by atoms with Gasteiger partial charge in [-0.2, -0.15) is 0 Å². The Hall–Kier alpha value is -3.00. The number of hydrogen-bond acceptors (Lipinski definition) is 6. The molecule has 0 bridgehead atoms. The summed E-state index contributed by atoms with van der Waals surface area (Å²) in [6, 6.07) is 5.15. The number of carbonyl (C=O) groups excluding carboxylic acids is 1. The van der Waals surface area contributed by atoms with E-state index in [4.69, 9.17) is 5.41 Å². The molecule has 1 atom stereocenters. The summed E-state index contributed by atoms with van der Waals surface area (Å²) in [7, 11) is 2.09. The molecular weight excluding hydrogens is 342 g/mol. The van der Waals surface area contributed by atoms with Crippen molar-refractivity contribution in [2.45, 2.75) is 13.3 Å². The molecule has 0 spiro atoms. The monoisotopic (exact) mass is 367 g/mol. The number of nitrogens with one attached hydrogen (secondary N) is 4. The minimum Gasteiger partial charge on any atom is -0.354 e. The van der Waals surface area contributed by atoms with Crippen molar-refractivity contribution in [3.63, 3.8) is 0 Å². The number of amides is 2. The van der Waals surface area contributed by atoms with E-state index in [1.165, 1.54) is 6.21 Å². The van der Waals surface area contributed by atoms with Crippen molar-refractivity contribution in [2.24, 2.45) is 5.92 Å². The molecule has 2 aromatic rings. The van der Waals surface area contributed by atoms with Gasteiger partial charge in [0.15, 0.2) is 0 Å². The molecule has 4 N–H and O–H groups in total. The molecule has 8 nitrogen and oxygen atoms in total. The lowest BCUT2D eigenvalue weighted by Crippen LogP contribution is -2.34. The topological polar surface area (TPSA) is 106 Å². The Labute approximate surface area is 158 Å². The van der Waals surface area contributed by atoms with Gasteiger partial charge in [0.1, 0.15) is 5.82 Å². The van der Waals surface area contributed by atoms with Crippen LogP contribution in [-0.4, -0.2) is 53.8 Å². The predicted octanol–water partition coefficient (Wildman–Crippen LogP) is 2.60. The lowest BCUT2D eigenvalue weighted by Gasteiger charge is -2.13. The zero-order valence-corrected chi connectivity index (χ0v) is 15.6. The van der Waals surface area contributed by atoms with Crippen LogP contribution in [0.1, 0.15) is 17.7 Å². The van der Waals surface area contributed by atoms with Gasteiger partial charge in [0, 0.05) is 42.4 Å². The highest BCUT2D eigenvalue weighted by molar-refractivity contribution is 5.92. The van der Waals surface area contributed by atoms with Gasteiger partial charge in [0.05, 0.1) is 11.9 Å². The van der Waals surface area contributed by atoms with Crippen LogP contribution in [0.15, 0.2) is 30.6 Å². The third-order valence-corrected chi connectivity index (χ3v) is 4.55. The van der Waals surface area contributed by atoms with Crippen LogP contribution in [0.25, 0.3) is 0 Å². The number of aryl methyl sites for hydroxylation is 1. The summed E-state index contributed by atoms with van der Waals surface area (Å²) in [6.45, 7) is 4.64. The van der Waals surface area contributed by atoms with E-state index in [2.05, 4.69) is 37.9 Å². The number of hydrogen-bond donors (Lipinski definition) is 4. The van der Waals surface area contributed by atoms with Crippen LogP contribution in [-0.2, 0) is 0 Å². The van der Waals surface area contributed by atoms with Crippen LogP contribution < -0.4 is 16.0 Å². The summed E-state index contributed by atoms with van der Waals surface area (Å²) in [5.41, 5.74) is 3.09. The summed E-state index contributed by atoms with van der Waals surface area (Å²) in [5.74, 6) is 0.896. The van der Waals surface area contributed by atoms with E-state index in [0.717, 1.165) is 30.9 Å². The molecule has 3 heterocycles. The Morgan fingerprint density at radius 1 is 1.41 bits per heavy atom. The van der Waals surface area contributed by atoms with Crippen LogP contribution in [0.5, 0.6) is 0 Å². The van der Waals surface area contributed by atoms with Gasteiger partial charge in [0.2, 0.25) is 0 Å². The quantitative estimate of drug-likeness (QED) is 0.587. The summed E-state index contributed by atoms with van der Waals surface area (Å²) in [4.78, 5) is 22.8. The number of anilines is 3. The molecule has 1 unspecified atom stereocenters. The first-order chi connectivity index (χ1) is 13.0. The fourth-order valence-corrected chi connectivity index (χ4v) is 3.13. The standard InChI is InChI=1S/C19H25N7O/c1-13-7-16(3-5-21-13)24-17-11-22-18(8-15(17)9-20)25-19(27)23-10-14-4-6-26(2)12-14/h3,5,7-9,11,14,20H,4,6,10,12H2,1-2H3,(H,21,24)(H2,22,23,25,27). The Morgan fingerprint density at radius 2 is 2.26 bits per heavy atom. The van der Waals surface area contributed by atoms with Crippen LogP contribution in [0.3, 0.4) is 0 Å². The molecule has 3 rings (SSSR count). The molecule has 1 fully saturated rings. The maximum atomic E-state index is 12.1. The molecule has 1 aliphatic heterocycles. The summed E-state index contributed by atoms with van der Waals surface area (Å²) in [6.07, 6.45) is 5.66. The second-order valence-electron chi connectivity index (χ2n) is 6.86. The van der Waals surface area contributed by atoms with Gasteiger partial charge in [-0.1, -0.05) is 0 Å². The Bertz CT molecular complexity index is 823. The van der Waals surface area contributed by atoms with Crippen molar-refractivity contribution < 1.29 is 4.79 Å². The highest BCUT2D eigenvalue weighted by Crippen LogP contribution is 2.21. The number of nitrogens with zero attached hydrogens (tertiary/aromatic N) is 3. The number of carbonyl (C=O) groups is 1. The van der Waals surface area contributed by atoms with Crippen molar-refractivity contribution in [3.05, 3.63) is 41.9 Å². The van der Waals surface area contributed by atoms with E-state index in [0.29, 0.717) is 29.5 Å². The number of likely N-dealkylation sites (tertiary alicyclic amines) is 1. The number of aromatic nitrogens is 2. The smallest absolute Gasteiger partial charge is 0.320 e. The molecule has 2 amide bonds. The molecule has 2 aromatic heterocycles. The Kier molecular flexibility index (Phi) is 5.97. The van der Waals surface area contributed by atoms with E-state index in [-0.39, 0.29) is 6.03 Å². The molecule has 142 valence electrons. The second kappa shape index (κ2) is 8.59. The molecule has 0 aromatic carbocycles. The normalized spacial score (nSPS) is 16.7. The van der Waals surface area contributed by atoms with Gasteiger partial charge in [-0.15, -0.1) is 0 Å². The lowest BCUT2D eigenvalue weighted by molar-refractivity contribution is 0.250. The average molecular weight is 367 g/mol. The minimum absolute atomic E-state index is 0.279. The average Bonchev–Trinajstić information content (AvgIpc) is 3.06. The van der Waals surface area contributed by atoms with Crippen molar-refractivity contribution in [3.8, 4) is 0 Å². The van der Waals surface area contributed by atoms with Gasteiger partial charge in [-0.3, -0.25) is 10.3 Å². The summed E-state index contributed by atoms with van der Waals surface area (Å²) >= 11 is 0. The fraction of sp³-hybridized carbons (Fsp3) is 0.368. The number of pyridine rings is 2. The van der Waals surface area contributed by atoms with E-state index < -0.39 is 0 Å². The molecule has 0 radical (unpaired) electrons. The molecule has 27 heavy (non-hydrogen) atoms. The van der Waals surface area contributed by atoms with Crippen LogP contribution in [0.4, 0.5) is 22.0 Å². The first-order valence-electron chi connectivity index (χ1n) is 8.97. The molecule has 0 aliphatic carbocycles.